The lowest BCUT2D eigenvalue weighted by Crippen LogP contribution is -2.43. The molecule has 0 fully saturated rings. The van der Waals surface area contributed by atoms with E-state index in [2.05, 4.69) is 47.0 Å². The quantitative estimate of drug-likeness (QED) is 0.277. The van der Waals surface area contributed by atoms with Crippen molar-refractivity contribution in [2.24, 2.45) is 0 Å². The van der Waals surface area contributed by atoms with Gasteiger partial charge in [0.15, 0.2) is 8.32 Å². The summed E-state index contributed by atoms with van der Waals surface area (Å²) in [5, 5.41) is 0.306. The van der Waals surface area contributed by atoms with Gasteiger partial charge in [-0.25, -0.2) is 0 Å². The fourth-order valence-corrected chi connectivity index (χ4v) is 3.60. The fourth-order valence-electron chi connectivity index (χ4n) is 1.90. The molecule has 0 aliphatic carbocycles. The van der Waals surface area contributed by atoms with E-state index in [-0.39, 0.29) is 0 Å². The summed E-state index contributed by atoms with van der Waals surface area (Å²) >= 11 is 1.74. The molecule has 0 heterocycles. The van der Waals surface area contributed by atoms with Crippen LogP contribution < -0.4 is 0 Å². The molecule has 0 saturated heterocycles. The van der Waals surface area contributed by atoms with Crippen LogP contribution in [0.3, 0.4) is 0 Å². The highest BCUT2D eigenvalue weighted by atomic mass is 32.2. The average molecular weight is 321 g/mol. The maximum atomic E-state index is 6.56. The van der Waals surface area contributed by atoms with Crippen LogP contribution in [0.25, 0.3) is 0 Å². The minimum atomic E-state index is -1.62. The molecule has 0 aromatic rings. The van der Waals surface area contributed by atoms with E-state index in [4.69, 9.17) is 9.16 Å². The first-order chi connectivity index (χ1) is 9.24. The molecule has 0 saturated carbocycles. The van der Waals surface area contributed by atoms with Crippen LogP contribution in [-0.4, -0.2) is 33.2 Å². The molecule has 1 unspecified atom stereocenters. The van der Waals surface area contributed by atoms with Crippen molar-refractivity contribution in [3.05, 3.63) is 0 Å². The van der Waals surface area contributed by atoms with Gasteiger partial charge in [0.05, 0.1) is 5.94 Å². The molecule has 2 nitrogen and oxygen atoms in total. The molecule has 0 N–H and O–H groups in total. The lowest BCUT2D eigenvalue weighted by Gasteiger charge is -2.39. The van der Waals surface area contributed by atoms with E-state index in [1.54, 1.807) is 11.8 Å². The van der Waals surface area contributed by atoms with Crippen molar-refractivity contribution >= 4 is 20.1 Å². The van der Waals surface area contributed by atoms with Crippen LogP contribution in [0.1, 0.15) is 59.8 Å². The standard InChI is InChI=1S/C16H36O2SSi/c1-8-11-15(12-9-10-13-17-14-19-5)18-20(6,7)16(2,3)4/h15H,8-14H2,1-7H3. The van der Waals surface area contributed by atoms with Crippen LogP contribution in [0.15, 0.2) is 0 Å². The SMILES string of the molecule is CCCC(CCCCOCSC)O[Si](C)(C)C(C)(C)C. The highest BCUT2D eigenvalue weighted by Crippen LogP contribution is 2.38. The predicted octanol–water partition coefficient (Wildman–Crippen LogP) is 5.68. The maximum Gasteiger partial charge on any atom is 0.192 e. The molecule has 0 spiro atoms. The Morgan fingerprint density at radius 1 is 1.10 bits per heavy atom. The predicted molar refractivity (Wildman–Crippen MR) is 95.2 cm³/mol. The second-order valence-corrected chi connectivity index (χ2v) is 12.7. The Balaban J connectivity index is 4.10. The van der Waals surface area contributed by atoms with E-state index in [9.17, 15) is 0 Å². The average Bonchev–Trinajstić information content (AvgIpc) is 2.32. The molecule has 122 valence electrons. The number of rotatable bonds is 11. The Morgan fingerprint density at radius 2 is 1.75 bits per heavy atom. The number of hydrogen-bond acceptors (Lipinski definition) is 3. The molecule has 0 aliphatic heterocycles. The van der Waals surface area contributed by atoms with E-state index in [1.807, 2.05) is 0 Å². The normalized spacial score (nSPS) is 14.6. The number of hydrogen-bond donors (Lipinski definition) is 0. The highest BCUT2D eigenvalue weighted by Gasteiger charge is 2.38. The monoisotopic (exact) mass is 320 g/mol. The van der Waals surface area contributed by atoms with E-state index in [0.717, 1.165) is 19.0 Å². The van der Waals surface area contributed by atoms with Crippen molar-refractivity contribution in [3.8, 4) is 0 Å². The van der Waals surface area contributed by atoms with Crippen molar-refractivity contribution in [2.45, 2.75) is 84.0 Å². The summed E-state index contributed by atoms with van der Waals surface area (Å²) in [5.41, 5.74) is 0. The van der Waals surface area contributed by atoms with Gasteiger partial charge in [-0.05, 0) is 50.1 Å². The van der Waals surface area contributed by atoms with E-state index in [0.29, 0.717) is 11.1 Å². The van der Waals surface area contributed by atoms with Crippen molar-refractivity contribution < 1.29 is 9.16 Å². The van der Waals surface area contributed by atoms with Gasteiger partial charge in [0.2, 0.25) is 0 Å². The molecular weight excluding hydrogens is 284 g/mol. The Hall–Kier alpha value is 0.487. The first-order valence-corrected chi connectivity index (χ1v) is 12.3. The van der Waals surface area contributed by atoms with Crippen molar-refractivity contribution in [2.75, 3.05) is 18.8 Å². The first kappa shape index (κ1) is 20.5. The van der Waals surface area contributed by atoms with Gasteiger partial charge in [-0.1, -0.05) is 34.1 Å². The Kier molecular flexibility index (Phi) is 10.5. The zero-order valence-electron chi connectivity index (χ0n) is 14.8. The molecule has 0 radical (unpaired) electrons. The summed E-state index contributed by atoms with van der Waals surface area (Å²) in [4.78, 5) is 0. The lowest BCUT2D eigenvalue weighted by molar-refractivity contribution is 0.143. The van der Waals surface area contributed by atoms with Gasteiger partial charge in [0.1, 0.15) is 0 Å². The maximum absolute atomic E-state index is 6.56. The van der Waals surface area contributed by atoms with Crippen molar-refractivity contribution in [1.82, 2.24) is 0 Å². The largest absolute Gasteiger partial charge is 0.414 e. The molecule has 0 amide bonds. The van der Waals surface area contributed by atoms with Gasteiger partial charge in [0.25, 0.3) is 0 Å². The van der Waals surface area contributed by atoms with Crippen LogP contribution in [0, 0.1) is 0 Å². The molecule has 20 heavy (non-hydrogen) atoms. The van der Waals surface area contributed by atoms with E-state index in [1.165, 1.54) is 25.7 Å². The third-order valence-corrected chi connectivity index (χ3v) is 9.08. The fraction of sp³-hybridized carbons (Fsp3) is 1.00. The lowest BCUT2D eigenvalue weighted by atomic mass is 10.1. The number of ether oxygens (including phenoxy) is 1. The molecule has 0 rings (SSSR count). The summed E-state index contributed by atoms with van der Waals surface area (Å²) in [7, 11) is -1.62. The van der Waals surface area contributed by atoms with Gasteiger partial charge in [0, 0.05) is 12.7 Å². The van der Waals surface area contributed by atoms with Crippen molar-refractivity contribution in [3.63, 3.8) is 0 Å². The molecule has 1 atom stereocenters. The minimum absolute atomic E-state index is 0.306. The topological polar surface area (TPSA) is 18.5 Å². The summed E-state index contributed by atoms with van der Waals surface area (Å²) in [6.45, 7) is 14.8. The molecule has 0 bridgehead atoms. The third-order valence-electron chi connectivity index (χ3n) is 4.14. The molecule has 0 aromatic heterocycles. The van der Waals surface area contributed by atoms with Crippen LogP contribution in [-0.2, 0) is 9.16 Å². The third kappa shape index (κ3) is 8.70. The van der Waals surface area contributed by atoms with Crippen LogP contribution in [0.5, 0.6) is 0 Å². The summed E-state index contributed by atoms with van der Waals surface area (Å²) < 4.78 is 12.1. The van der Waals surface area contributed by atoms with Gasteiger partial charge in [-0.15, -0.1) is 11.8 Å². The summed E-state index contributed by atoms with van der Waals surface area (Å²) in [5.74, 6) is 0.818. The van der Waals surface area contributed by atoms with Gasteiger partial charge >= 0.3 is 0 Å². The molecule has 0 aliphatic rings. The molecular formula is C16H36O2SSi. The minimum Gasteiger partial charge on any atom is -0.414 e. The smallest absolute Gasteiger partial charge is 0.192 e. The van der Waals surface area contributed by atoms with E-state index >= 15 is 0 Å². The summed E-state index contributed by atoms with van der Waals surface area (Å²) in [6.07, 6.45) is 8.48. The first-order valence-electron chi connectivity index (χ1n) is 7.99. The second-order valence-electron chi connectivity index (χ2n) is 7.10. The van der Waals surface area contributed by atoms with Crippen LogP contribution >= 0.6 is 11.8 Å². The highest BCUT2D eigenvalue weighted by molar-refractivity contribution is 7.98. The van der Waals surface area contributed by atoms with Gasteiger partial charge < -0.3 is 9.16 Å². The van der Waals surface area contributed by atoms with E-state index < -0.39 is 8.32 Å². The summed E-state index contributed by atoms with van der Waals surface area (Å²) in [6, 6.07) is 0. The molecule has 4 heteroatoms. The van der Waals surface area contributed by atoms with Crippen LogP contribution in [0.2, 0.25) is 18.1 Å². The zero-order valence-corrected chi connectivity index (χ0v) is 16.6. The number of thioether (sulfide) groups is 1. The van der Waals surface area contributed by atoms with Gasteiger partial charge in [-0.2, -0.15) is 0 Å². The number of unbranched alkanes of at least 4 members (excludes halogenated alkanes) is 1. The Bertz CT molecular complexity index is 239. The van der Waals surface area contributed by atoms with Gasteiger partial charge in [-0.3, -0.25) is 0 Å². The zero-order chi connectivity index (χ0) is 15.6. The van der Waals surface area contributed by atoms with Crippen molar-refractivity contribution in [1.29, 1.82) is 0 Å². The second kappa shape index (κ2) is 10.3. The Morgan fingerprint density at radius 3 is 2.25 bits per heavy atom. The Labute approximate surface area is 132 Å². The molecule has 0 aromatic carbocycles. The van der Waals surface area contributed by atoms with Crippen LogP contribution in [0.4, 0.5) is 0 Å².